The molecule has 1 aliphatic carbocycles. The van der Waals surface area contributed by atoms with E-state index in [-0.39, 0.29) is 35.5 Å². The van der Waals surface area contributed by atoms with E-state index in [0.29, 0.717) is 5.69 Å². The van der Waals surface area contributed by atoms with E-state index in [1.807, 2.05) is 36.7 Å². The van der Waals surface area contributed by atoms with Crippen molar-refractivity contribution in [1.29, 1.82) is 0 Å². The summed E-state index contributed by atoms with van der Waals surface area (Å²) in [6, 6.07) is 5.89. The van der Waals surface area contributed by atoms with Crippen molar-refractivity contribution in [3.63, 3.8) is 0 Å². The van der Waals surface area contributed by atoms with E-state index in [4.69, 9.17) is 9.84 Å². The molecule has 1 aliphatic heterocycles. The third kappa shape index (κ3) is 4.90. The monoisotopic (exact) mass is 460 g/mol. The van der Waals surface area contributed by atoms with Gasteiger partial charge in [0.05, 0.1) is 16.9 Å². The Morgan fingerprint density at radius 3 is 2.81 bits per heavy atom. The molecule has 1 amide bonds. The first kappa shape index (κ1) is 23.0. The average molecular weight is 461 g/mol. The lowest BCUT2D eigenvalue weighted by Crippen LogP contribution is -2.33. The van der Waals surface area contributed by atoms with Crippen LogP contribution in [0.1, 0.15) is 71.1 Å². The highest BCUT2D eigenvalue weighted by molar-refractivity contribution is 7.99. The van der Waals surface area contributed by atoms with Gasteiger partial charge in [0.25, 0.3) is 0 Å². The number of thioether (sulfide) groups is 1. The molecule has 6 nitrogen and oxygen atoms in total. The van der Waals surface area contributed by atoms with Crippen molar-refractivity contribution in [2.45, 2.75) is 88.8 Å². The summed E-state index contributed by atoms with van der Waals surface area (Å²) in [5.41, 5.74) is 1.98. The van der Waals surface area contributed by atoms with Crippen LogP contribution in [-0.2, 0) is 16.7 Å². The highest BCUT2D eigenvalue weighted by atomic mass is 32.2. The van der Waals surface area contributed by atoms with Crippen molar-refractivity contribution in [3.8, 4) is 0 Å². The second kappa shape index (κ2) is 8.96. The van der Waals surface area contributed by atoms with Crippen LogP contribution in [0.15, 0.2) is 23.1 Å². The maximum atomic E-state index is 15.1. The van der Waals surface area contributed by atoms with Crippen LogP contribution >= 0.6 is 11.8 Å². The van der Waals surface area contributed by atoms with E-state index in [0.717, 1.165) is 53.4 Å². The van der Waals surface area contributed by atoms with Crippen LogP contribution in [0.3, 0.4) is 0 Å². The Bertz CT molecular complexity index is 999. The Hall–Kier alpha value is -2.22. The lowest BCUT2D eigenvalue weighted by atomic mass is 10.0. The molecule has 0 spiro atoms. The molecule has 2 N–H and O–H groups in total. The summed E-state index contributed by atoms with van der Waals surface area (Å²) in [6.07, 6.45) is 2.76. The van der Waals surface area contributed by atoms with Crippen LogP contribution in [0.2, 0.25) is 0 Å². The Labute approximate surface area is 193 Å². The number of rotatable bonds is 5. The third-order valence-corrected chi connectivity index (χ3v) is 7.02. The standard InChI is InChI=1S/C24H33FN4O2S/c1-14(2)26-23(30)31-16-7-6-15(12-16)19-13-21(29(28-19)24(3,4)5)27-18-8-9-20-17(22(18)25)10-11-32-20/h8-9,13-16,27H,6-7,10-12H2,1-5H3,(H,26,30). The van der Waals surface area contributed by atoms with Gasteiger partial charge in [0.15, 0.2) is 5.82 Å². The first-order chi connectivity index (χ1) is 15.1. The Morgan fingerprint density at radius 2 is 2.09 bits per heavy atom. The van der Waals surface area contributed by atoms with Gasteiger partial charge in [0.2, 0.25) is 0 Å². The van der Waals surface area contributed by atoms with E-state index < -0.39 is 0 Å². The minimum atomic E-state index is -0.363. The molecule has 2 atom stereocenters. The van der Waals surface area contributed by atoms with Crippen molar-refractivity contribution in [1.82, 2.24) is 15.1 Å². The number of benzene rings is 1. The Balaban J connectivity index is 1.53. The summed E-state index contributed by atoms with van der Waals surface area (Å²) < 4.78 is 22.6. The first-order valence-corrected chi connectivity index (χ1v) is 12.4. The van der Waals surface area contributed by atoms with Crippen LogP contribution < -0.4 is 10.6 Å². The van der Waals surface area contributed by atoms with Crippen LogP contribution in [0.4, 0.5) is 20.7 Å². The molecule has 1 aromatic heterocycles. The highest BCUT2D eigenvalue weighted by Crippen LogP contribution is 2.39. The van der Waals surface area contributed by atoms with Gasteiger partial charge in [-0.05, 0) is 72.4 Å². The predicted molar refractivity (Wildman–Crippen MR) is 126 cm³/mol. The van der Waals surface area contributed by atoms with Gasteiger partial charge in [-0.15, -0.1) is 11.8 Å². The zero-order chi connectivity index (χ0) is 23.0. The maximum absolute atomic E-state index is 15.1. The second-order valence-corrected chi connectivity index (χ2v) is 11.1. The van der Waals surface area contributed by atoms with Gasteiger partial charge in [-0.3, -0.25) is 0 Å². The molecule has 2 aromatic rings. The number of fused-ring (bicyclic) bond motifs is 1. The zero-order valence-electron chi connectivity index (χ0n) is 19.5. The number of anilines is 2. The minimum Gasteiger partial charge on any atom is -0.446 e. The summed E-state index contributed by atoms with van der Waals surface area (Å²) >= 11 is 1.71. The van der Waals surface area contributed by atoms with Gasteiger partial charge >= 0.3 is 6.09 Å². The summed E-state index contributed by atoms with van der Waals surface area (Å²) in [7, 11) is 0. The maximum Gasteiger partial charge on any atom is 0.407 e. The number of amides is 1. The summed E-state index contributed by atoms with van der Waals surface area (Å²) in [5.74, 6) is 1.75. The fourth-order valence-electron chi connectivity index (χ4n) is 4.41. The van der Waals surface area contributed by atoms with E-state index >= 15 is 4.39 Å². The molecule has 2 unspecified atom stereocenters. The van der Waals surface area contributed by atoms with Crippen LogP contribution in [0, 0.1) is 5.82 Å². The molecule has 2 aliphatic rings. The Kier molecular flexibility index (Phi) is 6.43. The SMILES string of the molecule is CC(C)NC(=O)OC1CCC(c2cc(Nc3ccc4c(c3F)CCS4)n(C(C)(C)C)n2)C1. The van der Waals surface area contributed by atoms with E-state index in [9.17, 15) is 4.79 Å². The molecule has 1 fully saturated rings. The number of carbonyl (C=O) groups is 1. The lowest BCUT2D eigenvalue weighted by Gasteiger charge is -2.23. The minimum absolute atomic E-state index is 0.0500. The van der Waals surface area contributed by atoms with Gasteiger partial charge in [-0.25, -0.2) is 13.9 Å². The van der Waals surface area contributed by atoms with Gasteiger partial charge in [0, 0.05) is 34.2 Å². The van der Waals surface area contributed by atoms with Crippen molar-refractivity contribution in [2.75, 3.05) is 11.1 Å². The molecule has 0 saturated heterocycles. The number of hydrogen-bond acceptors (Lipinski definition) is 5. The predicted octanol–water partition coefficient (Wildman–Crippen LogP) is 5.94. The van der Waals surface area contributed by atoms with Crippen molar-refractivity contribution in [2.24, 2.45) is 0 Å². The van der Waals surface area contributed by atoms with E-state index in [1.54, 1.807) is 11.8 Å². The summed E-state index contributed by atoms with van der Waals surface area (Å²) in [6.45, 7) is 10.1. The van der Waals surface area contributed by atoms with E-state index in [1.165, 1.54) is 0 Å². The molecule has 8 heteroatoms. The summed E-state index contributed by atoms with van der Waals surface area (Å²) in [4.78, 5) is 13.0. The fraction of sp³-hybridized carbons (Fsp3) is 0.583. The molecule has 0 bridgehead atoms. The smallest absolute Gasteiger partial charge is 0.407 e. The highest BCUT2D eigenvalue weighted by Gasteiger charge is 2.32. The quantitative estimate of drug-likeness (QED) is 0.578. The number of halogens is 1. The number of aromatic nitrogens is 2. The fourth-order valence-corrected chi connectivity index (χ4v) is 5.46. The number of carbonyl (C=O) groups excluding carboxylic acids is 1. The van der Waals surface area contributed by atoms with Gasteiger partial charge in [-0.2, -0.15) is 5.10 Å². The normalized spacial score (nSPS) is 20.5. The van der Waals surface area contributed by atoms with Crippen molar-refractivity contribution in [3.05, 3.63) is 35.3 Å². The van der Waals surface area contributed by atoms with Crippen LogP contribution in [-0.4, -0.2) is 33.8 Å². The first-order valence-electron chi connectivity index (χ1n) is 11.4. The number of nitrogens with zero attached hydrogens (tertiary/aromatic N) is 2. The largest absolute Gasteiger partial charge is 0.446 e. The number of hydrogen-bond donors (Lipinski definition) is 2. The average Bonchev–Trinajstić information content (AvgIpc) is 3.42. The number of nitrogens with one attached hydrogen (secondary N) is 2. The Morgan fingerprint density at radius 1 is 1.31 bits per heavy atom. The molecule has 1 saturated carbocycles. The number of alkyl carbamates (subject to hydrolysis) is 1. The molecule has 1 aromatic carbocycles. The number of ether oxygens (including phenoxy) is 1. The molecule has 4 rings (SSSR count). The molecule has 32 heavy (non-hydrogen) atoms. The molecular weight excluding hydrogens is 427 g/mol. The lowest BCUT2D eigenvalue weighted by molar-refractivity contribution is 0.0981. The van der Waals surface area contributed by atoms with Crippen LogP contribution in [0.25, 0.3) is 0 Å². The molecule has 0 radical (unpaired) electrons. The second-order valence-electron chi connectivity index (χ2n) is 10.0. The molecular formula is C24H33FN4O2S. The van der Waals surface area contributed by atoms with Gasteiger partial charge in [0.1, 0.15) is 11.9 Å². The zero-order valence-corrected chi connectivity index (χ0v) is 20.3. The van der Waals surface area contributed by atoms with Crippen molar-refractivity contribution < 1.29 is 13.9 Å². The van der Waals surface area contributed by atoms with Crippen molar-refractivity contribution >= 4 is 29.4 Å². The third-order valence-electron chi connectivity index (χ3n) is 5.92. The van der Waals surface area contributed by atoms with Gasteiger partial charge in [-0.1, -0.05) is 0 Å². The molecule has 174 valence electrons. The molecule has 2 heterocycles. The topological polar surface area (TPSA) is 68.2 Å². The van der Waals surface area contributed by atoms with E-state index in [2.05, 4.69) is 31.4 Å². The van der Waals surface area contributed by atoms with Gasteiger partial charge < -0.3 is 15.4 Å². The van der Waals surface area contributed by atoms with Crippen LogP contribution in [0.5, 0.6) is 0 Å². The summed E-state index contributed by atoms with van der Waals surface area (Å²) in [5, 5.41) is 11.0.